The van der Waals surface area contributed by atoms with Crippen molar-refractivity contribution in [2.45, 2.75) is 52.0 Å². The molecule has 0 aliphatic heterocycles. The van der Waals surface area contributed by atoms with Crippen LogP contribution in [0, 0.1) is 5.92 Å². The fourth-order valence-corrected chi connectivity index (χ4v) is 3.78. The second kappa shape index (κ2) is 7.58. The van der Waals surface area contributed by atoms with Crippen molar-refractivity contribution in [3.05, 3.63) is 21.3 Å². The first-order valence-corrected chi connectivity index (χ1v) is 8.78. The van der Waals surface area contributed by atoms with Crippen LogP contribution in [0.1, 0.15) is 55.6 Å². The van der Waals surface area contributed by atoms with Gasteiger partial charge in [-0.05, 0) is 43.9 Å². The number of rotatable bonds is 7. The second-order valence-electron chi connectivity index (χ2n) is 6.12. The average Bonchev–Trinajstić information content (AvgIpc) is 3.04. The van der Waals surface area contributed by atoms with E-state index in [1.165, 1.54) is 37.0 Å². The summed E-state index contributed by atoms with van der Waals surface area (Å²) in [6.45, 7) is 6.07. The molecule has 0 atom stereocenters. The molecular formula is C16H24ClNOS. The quantitative estimate of drug-likeness (QED) is 0.669. The molecule has 0 bridgehead atoms. The van der Waals surface area contributed by atoms with Gasteiger partial charge in [0.15, 0.2) is 5.78 Å². The van der Waals surface area contributed by atoms with Gasteiger partial charge in [-0.2, -0.15) is 0 Å². The van der Waals surface area contributed by atoms with Crippen molar-refractivity contribution in [3.8, 4) is 0 Å². The molecule has 1 aromatic heterocycles. The molecule has 1 heterocycles. The lowest BCUT2D eigenvalue weighted by atomic mass is 10.1. The first-order valence-electron chi connectivity index (χ1n) is 7.59. The Morgan fingerprint density at radius 3 is 2.65 bits per heavy atom. The van der Waals surface area contributed by atoms with Gasteiger partial charge in [-0.3, -0.25) is 9.69 Å². The summed E-state index contributed by atoms with van der Waals surface area (Å²) in [6.07, 6.45) is 6.27. The van der Waals surface area contributed by atoms with Crippen molar-refractivity contribution in [2.24, 2.45) is 5.92 Å². The molecule has 0 aromatic carbocycles. The Kier molecular flexibility index (Phi) is 6.06. The van der Waals surface area contributed by atoms with Gasteiger partial charge >= 0.3 is 0 Å². The zero-order valence-electron chi connectivity index (χ0n) is 12.4. The molecule has 0 spiro atoms. The van der Waals surface area contributed by atoms with Gasteiger partial charge < -0.3 is 0 Å². The van der Waals surface area contributed by atoms with Gasteiger partial charge in [0.25, 0.3) is 0 Å². The number of carbonyl (C=O) groups is 1. The largest absolute Gasteiger partial charge is 0.293 e. The Labute approximate surface area is 131 Å². The molecule has 1 fully saturated rings. The summed E-state index contributed by atoms with van der Waals surface area (Å²) in [6, 6.07) is 4.27. The van der Waals surface area contributed by atoms with Crippen molar-refractivity contribution in [1.29, 1.82) is 0 Å². The van der Waals surface area contributed by atoms with Crippen molar-refractivity contribution < 1.29 is 4.79 Å². The minimum Gasteiger partial charge on any atom is -0.293 e. The van der Waals surface area contributed by atoms with Crippen LogP contribution in [0.2, 0.25) is 4.34 Å². The molecule has 1 aromatic rings. The standard InChI is InChI=1S/C16H24ClNOS/c1-12(2)9-10-18(13-5-3-4-6-13)11-14(19)15-7-8-16(17)20-15/h7-8,12-13H,3-6,9-11H2,1-2H3. The van der Waals surface area contributed by atoms with E-state index in [-0.39, 0.29) is 5.78 Å². The van der Waals surface area contributed by atoms with Gasteiger partial charge in [0.2, 0.25) is 0 Å². The van der Waals surface area contributed by atoms with Gasteiger partial charge in [0, 0.05) is 6.04 Å². The molecule has 0 saturated heterocycles. The van der Waals surface area contributed by atoms with Gasteiger partial charge in [-0.25, -0.2) is 0 Å². The molecule has 0 unspecified atom stereocenters. The number of hydrogen-bond donors (Lipinski definition) is 0. The summed E-state index contributed by atoms with van der Waals surface area (Å²) in [5.74, 6) is 0.905. The van der Waals surface area contributed by atoms with E-state index in [0.29, 0.717) is 22.8 Å². The van der Waals surface area contributed by atoms with Crippen LogP contribution in [0.3, 0.4) is 0 Å². The van der Waals surface area contributed by atoms with Crippen LogP contribution in [-0.2, 0) is 0 Å². The monoisotopic (exact) mass is 313 g/mol. The normalized spacial score (nSPS) is 16.4. The van der Waals surface area contributed by atoms with Crippen molar-refractivity contribution in [2.75, 3.05) is 13.1 Å². The summed E-state index contributed by atoms with van der Waals surface area (Å²) in [5.41, 5.74) is 0. The number of Topliss-reactive ketones (excluding diaryl/α,β-unsaturated/α-hetero) is 1. The Hall–Kier alpha value is -0.380. The fourth-order valence-electron chi connectivity index (χ4n) is 2.81. The van der Waals surface area contributed by atoms with E-state index in [0.717, 1.165) is 17.8 Å². The summed E-state index contributed by atoms with van der Waals surface area (Å²) in [5, 5.41) is 0. The zero-order valence-corrected chi connectivity index (χ0v) is 14.0. The maximum absolute atomic E-state index is 12.4. The molecule has 2 nitrogen and oxygen atoms in total. The molecule has 112 valence electrons. The van der Waals surface area contributed by atoms with Crippen LogP contribution in [0.4, 0.5) is 0 Å². The lowest BCUT2D eigenvalue weighted by Crippen LogP contribution is -2.38. The van der Waals surface area contributed by atoms with Crippen LogP contribution >= 0.6 is 22.9 Å². The molecule has 1 saturated carbocycles. The van der Waals surface area contributed by atoms with Gasteiger partial charge in [-0.15, -0.1) is 11.3 Å². The van der Waals surface area contributed by atoms with Gasteiger partial charge in [0.1, 0.15) is 0 Å². The third kappa shape index (κ3) is 4.57. The van der Waals surface area contributed by atoms with E-state index >= 15 is 0 Å². The lowest BCUT2D eigenvalue weighted by Gasteiger charge is -2.28. The summed E-state index contributed by atoms with van der Waals surface area (Å²) < 4.78 is 0.697. The molecule has 1 aliphatic carbocycles. The predicted molar refractivity (Wildman–Crippen MR) is 86.9 cm³/mol. The maximum Gasteiger partial charge on any atom is 0.186 e. The highest BCUT2D eigenvalue weighted by Crippen LogP contribution is 2.26. The average molecular weight is 314 g/mol. The molecule has 2 rings (SSSR count). The van der Waals surface area contributed by atoms with E-state index in [2.05, 4.69) is 18.7 Å². The highest BCUT2D eigenvalue weighted by atomic mass is 35.5. The van der Waals surface area contributed by atoms with Crippen molar-refractivity contribution in [1.82, 2.24) is 4.90 Å². The van der Waals surface area contributed by atoms with Crippen LogP contribution in [0.25, 0.3) is 0 Å². The van der Waals surface area contributed by atoms with Crippen molar-refractivity contribution >= 4 is 28.7 Å². The molecule has 0 radical (unpaired) electrons. The third-order valence-corrected chi connectivity index (χ3v) is 5.30. The topological polar surface area (TPSA) is 20.3 Å². The summed E-state index contributed by atoms with van der Waals surface area (Å²) >= 11 is 7.32. The number of ketones is 1. The Balaban J connectivity index is 1.96. The highest BCUT2D eigenvalue weighted by Gasteiger charge is 2.25. The summed E-state index contributed by atoms with van der Waals surface area (Å²) in [4.78, 5) is 15.6. The maximum atomic E-state index is 12.4. The highest BCUT2D eigenvalue weighted by molar-refractivity contribution is 7.18. The fraction of sp³-hybridized carbons (Fsp3) is 0.688. The predicted octanol–water partition coefficient (Wildman–Crippen LogP) is 4.87. The first-order chi connectivity index (χ1) is 9.56. The van der Waals surface area contributed by atoms with Gasteiger partial charge in [0.05, 0.1) is 15.8 Å². The second-order valence-corrected chi connectivity index (χ2v) is 7.83. The summed E-state index contributed by atoms with van der Waals surface area (Å²) in [7, 11) is 0. The van der Waals surface area contributed by atoms with Crippen LogP contribution in [0.15, 0.2) is 12.1 Å². The Bertz CT molecular complexity index is 437. The molecule has 4 heteroatoms. The molecule has 0 amide bonds. The molecule has 1 aliphatic rings. The molecule has 20 heavy (non-hydrogen) atoms. The van der Waals surface area contributed by atoms with E-state index in [9.17, 15) is 4.79 Å². The SMILES string of the molecule is CC(C)CCN(CC(=O)c1ccc(Cl)s1)C1CCCC1. The van der Waals surface area contributed by atoms with Crippen LogP contribution < -0.4 is 0 Å². The smallest absolute Gasteiger partial charge is 0.186 e. The Morgan fingerprint density at radius 1 is 1.40 bits per heavy atom. The number of hydrogen-bond acceptors (Lipinski definition) is 3. The number of halogens is 1. The number of carbonyl (C=O) groups excluding carboxylic acids is 1. The number of thiophene rings is 1. The van der Waals surface area contributed by atoms with Crippen molar-refractivity contribution in [3.63, 3.8) is 0 Å². The van der Waals surface area contributed by atoms with E-state index < -0.39 is 0 Å². The zero-order chi connectivity index (χ0) is 14.5. The van der Waals surface area contributed by atoms with Crippen LogP contribution in [-0.4, -0.2) is 29.8 Å². The van der Waals surface area contributed by atoms with Gasteiger partial charge in [-0.1, -0.05) is 38.3 Å². The third-order valence-electron chi connectivity index (χ3n) is 4.03. The first kappa shape index (κ1) is 16.0. The van der Waals surface area contributed by atoms with E-state index in [1.807, 2.05) is 12.1 Å². The minimum atomic E-state index is 0.220. The van der Waals surface area contributed by atoms with E-state index in [1.54, 1.807) is 0 Å². The molecule has 0 N–H and O–H groups in total. The Morgan fingerprint density at radius 2 is 2.10 bits per heavy atom. The molecular weight excluding hydrogens is 290 g/mol. The minimum absolute atomic E-state index is 0.220. The lowest BCUT2D eigenvalue weighted by molar-refractivity contribution is 0.0890. The van der Waals surface area contributed by atoms with Crippen LogP contribution in [0.5, 0.6) is 0 Å². The van der Waals surface area contributed by atoms with E-state index in [4.69, 9.17) is 11.6 Å². The number of nitrogens with zero attached hydrogens (tertiary/aromatic N) is 1.